The van der Waals surface area contributed by atoms with E-state index in [1.165, 1.54) is 0 Å². The number of aliphatic hydroxyl groups excluding tert-OH is 1. The summed E-state index contributed by atoms with van der Waals surface area (Å²) in [4.78, 5) is 11.1. The van der Waals surface area contributed by atoms with Gasteiger partial charge in [0.1, 0.15) is 6.10 Å². The molecule has 2 heterocycles. The minimum Gasteiger partial charge on any atom is -0.464 e. The number of esters is 1. The standard InChI is InChI=1S/C9H18O3.C8H14O4/c1-6(2)8(10)7-5-11-9(3,4)12-7;1-4-10-7(9)6-5-11-8(2,3)12-6/h6-8,10H,5H2,1-4H3;6H,4-5H2,1-3H3/t7-,8-;6-/m11/s1. The molecule has 0 spiro atoms. The maximum atomic E-state index is 11.1. The van der Waals surface area contributed by atoms with Gasteiger partial charge in [-0.25, -0.2) is 4.79 Å². The van der Waals surface area contributed by atoms with Crippen molar-refractivity contribution in [3.8, 4) is 0 Å². The molecule has 0 unspecified atom stereocenters. The Bertz CT molecular complexity index is 406. The Hall–Kier alpha value is -0.730. The number of rotatable bonds is 4. The van der Waals surface area contributed by atoms with E-state index in [1.54, 1.807) is 20.8 Å². The van der Waals surface area contributed by atoms with Crippen molar-refractivity contribution in [2.24, 2.45) is 5.92 Å². The summed E-state index contributed by atoms with van der Waals surface area (Å²) in [5.74, 6) is -1.31. The molecule has 2 rings (SSSR count). The molecule has 3 atom stereocenters. The van der Waals surface area contributed by atoms with Crippen LogP contribution in [0.4, 0.5) is 0 Å². The zero-order valence-electron chi connectivity index (χ0n) is 15.8. The second-order valence-electron chi connectivity index (χ2n) is 7.17. The van der Waals surface area contributed by atoms with Crippen molar-refractivity contribution < 1.29 is 33.6 Å². The second kappa shape index (κ2) is 8.58. The molecule has 7 heteroatoms. The van der Waals surface area contributed by atoms with Gasteiger partial charge in [0.25, 0.3) is 0 Å². The maximum Gasteiger partial charge on any atom is 0.337 e. The Morgan fingerprint density at radius 2 is 1.67 bits per heavy atom. The minimum absolute atomic E-state index is 0.167. The van der Waals surface area contributed by atoms with Crippen LogP contribution in [0.3, 0.4) is 0 Å². The molecule has 0 aromatic rings. The summed E-state index contributed by atoms with van der Waals surface area (Å²) in [7, 11) is 0. The van der Waals surface area contributed by atoms with Crippen LogP contribution in [0.2, 0.25) is 0 Å². The Kier molecular flexibility index (Phi) is 7.62. The molecule has 24 heavy (non-hydrogen) atoms. The maximum absolute atomic E-state index is 11.1. The number of carbonyl (C=O) groups excluding carboxylic acids is 1. The smallest absolute Gasteiger partial charge is 0.337 e. The van der Waals surface area contributed by atoms with Crippen LogP contribution in [-0.2, 0) is 28.5 Å². The number of hydrogen-bond donors (Lipinski definition) is 1. The first-order chi connectivity index (χ1) is 11.0. The quantitative estimate of drug-likeness (QED) is 0.776. The highest BCUT2D eigenvalue weighted by Crippen LogP contribution is 2.26. The van der Waals surface area contributed by atoms with E-state index in [-0.39, 0.29) is 24.6 Å². The van der Waals surface area contributed by atoms with Crippen molar-refractivity contribution in [3.63, 3.8) is 0 Å². The fourth-order valence-electron chi connectivity index (χ4n) is 2.35. The molecule has 7 nitrogen and oxygen atoms in total. The fourth-order valence-corrected chi connectivity index (χ4v) is 2.35. The van der Waals surface area contributed by atoms with Gasteiger partial charge in [0.15, 0.2) is 17.7 Å². The molecule has 142 valence electrons. The number of aliphatic hydroxyl groups is 1. The minimum atomic E-state index is -0.655. The topological polar surface area (TPSA) is 83.5 Å². The highest BCUT2D eigenvalue weighted by molar-refractivity contribution is 5.75. The highest BCUT2D eigenvalue weighted by atomic mass is 16.8. The average molecular weight is 348 g/mol. The number of ether oxygens (including phenoxy) is 5. The van der Waals surface area contributed by atoms with Crippen LogP contribution in [0.15, 0.2) is 0 Å². The van der Waals surface area contributed by atoms with Gasteiger partial charge in [0.2, 0.25) is 0 Å². The Labute approximate surface area is 144 Å². The van der Waals surface area contributed by atoms with E-state index in [0.29, 0.717) is 13.2 Å². The van der Waals surface area contributed by atoms with Crippen LogP contribution in [0.5, 0.6) is 0 Å². The van der Waals surface area contributed by atoms with Crippen LogP contribution >= 0.6 is 0 Å². The Morgan fingerprint density at radius 3 is 2.04 bits per heavy atom. The van der Waals surface area contributed by atoms with Crippen molar-refractivity contribution in [2.75, 3.05) is 19.8 Å². The lowest BCUT2D eigenvalue weighted by molar-refractivity contribution is -0.169. The van der Waals surface area contributed by atoms with Crippen LogP contribution < -0.4 is 0 Å². The van der Waals surface area contributed by atoms with Gasteiger partial charge < -0.3 is 28.8 Å². The summed E-state index contributed by atoms with van der Waals surface area (Å²) in [5.41, 5.74) is 0. The van der Waals surface area contributed by atoms with Gasteiger partial charge >= 0.3 is 5.97 Å². The molecular weight excluding hydrogens is 316 g/mol. The van der Waals surface area contributed by atoms with Gasteiger partial charge in [-0.1, -0.05) is 13.8 Å². The molecule has 2 fully saturated rings. The molecule has 1 N–H and O–H groups in total. The van der Waals surface area contributed by atoms with Gasteiger partial charge in [-0.05, 0) is 40.5 Å². The van der Waals surface area contributed by atoms with E-state index < -0.39 is 23.8 Å². The number of hydrogen-bond acceptors (Lipinski definition) is 7. The lowest BCUT2D eigenvalue weighted by atomic mass is 10.0. The highest BCUT2D eigenvalue weighted by Gasteiger charge is 2.38. The van der Waals surface area contributed by atoms with E-state index in [2.05, 4.69) is 0 Å². The Balaban J connectivity index is 0.000000240. The zero-order valence-corrected chi connectivity index (χ0v) is 15.8. The molecule has 0 aromatic heterocycles. The van der Waals surface area contributed by atoms with E-state index >= 15 is 0 Å². The van der Waals surface area contributed by atoms with Crippen molar-refractivity contribution in [3.05, 3.63) is 0 Å². The zero-order chi connectivity index (χ0) is 18.5. The molecular formula is C17H32O7. The Morgan fingerprint density at radius 1 is 1.12 bits per heavy atom. The van der Waals surface area contributed by atoms with Crippen molar-refractivity contribution in [1.82, 2.24) is 0 Å². The largest absolute Gasteiger partial charge is 0.464 e. The summed E-state index contributed by atoms with van der Waals surface area (Å²) in [5, 5.41) is 9.65. The van der Waals surface area contributed by atoms with Crippen molar-refractivity contribution in [1.29, 1.82) is 0 Å². The van der Waals surface area contributed by atoms with Gasteiger partial charge in [0.05, 0.1) is 25.9 Å². The molecule has 2 aliphatic heterocycles. The van der Waals surface area contributed by atoms with Crippen LogP contribution in [0.1, 0.15) is 48.5 Å². The summed E-state index contributed by atoms with van der Waals surface area (Å²) >= 11 is 0. The SMILES string of the molecule is CC(C)[C@@H](O)[C@H]1COC(C)(C)O1.CCOC(=O)[C@H]1COC(C)(C)O1. The molecule has 0 radical (unpaired) electrons. The van der Waals surface area contributed by atoms with E-state index in [1.807, 2.05) is 27.7 Å². The van der Waals surface area contributed by atoms with Gasteiger partial charge in [-0.15, -0.1) is 0 Å². The average Bonchev–Trinajstić information content (AvgIpc) is 3.01. The monoisotopic (exact) mass is 348 g/mol. The lowest BCUT2D eigenvalue weighted by Gasteiger charge is -2.22. The molecule has 0 aromatic carbocycles. The van der Waals surface area contributed by atoms with Crippen molar-refractivity contribution >= 4 is 5.97 Å². The van der Waals surface area contributed by atoms with Gasteiger partial charge in [0, 0.05) is 0 Å². The second-order valence-corrected chi connectivity index (χ2v) is 7.17. The fraction of sp³-hybridized carbons (Fsp3) is 0.941. The molecule has 2 saturated heterocycles. The summed E-state index contributed by atoms with van der Waals surface area (Å²) in [6.45, 7) is 14.1. The summed E-state index contributed by atoms with van der Waals surface area (Å²) in [6, 6.07) is 0. The van der Waals surface area contributed by atoms with Crippen LogP contribution in [0.25, 0.3) is 0 Å². The molecule has 0 bridgehead atoms. The molecule has 0 aliphatic carbocycles. The molecule has 2 aliphatic rings. The first-order valence-electron chi connectivity index (χ1n) is 8.45. The van der Waals surface area contributed by atoms with E-state index in [0.717, 1.165) is 0 Å². The third-order valence-corrected chi connectivity index (χ3v) is 3.65. The molecule has 0 saturated carbocycles. The van der Waals surface area contributed by atoms with Gasteiger partial charge in [-0.2, -0.15) is 0 Å². The van der Waals surface area contributed by atoms with E-state index in [4.69, 9.17) is 23.7 Å². The van der Waals surface area contributed by atoms with E-state index in [9.17, 15) is 9.90 Å². The van der Waals surface area contributed by atoms with Gasteiger partial charge in [-0.3, -0.25) is 0 Å². The first-order valence-corrected chi connectivity index (χ1v) is 8.45. The summed E-state index contributed by atoms with van der Waals surface area (Å²) in [6.07, 6.45) is -1.15. The first kappa shape index (κ1) is 21.3. The molecule has 0 amide bonds. The number of carbonyl (C=O) groups is 1. The third-order valence-electron chi connectivity index (χ3n) is 3.65. The van der Waals surface area contributed by atoms with Crippen LogP contribution in [-0.4, -0.2) is 60.8 Å². The third kappa shape index (κ3) is 6.64. The van der Waals surface area contributed by atoms with Crippen LogP contribution in [0, 0.1) is 5.92 Å². The lowest BCUT2D eigenvalue weighted by Crippen LogP contribution is -2.34. The normalized spacial score (nSPS) is 29.0. The summed E-state index contributed by atoms with van der Waals surface area (Å²) < 4.78 is 26.1. The predicted molar refractivity (Wildman–Crippen MR) is 87.3 cm³/mol. The van der Waals surface area contributed by atoms with Crippen molar-refractivity contribution in [2.45, 2.75) is 78.4 Å². The predicted octanol–water partition coefficient (Wildman–Crippen LogP) is 1.86.